The van der Waals surface area contributed by atoms with Gasteiger partial charge in [0.2, 0.25) is 0 Å². The molecule has 1 saturated carbocycles. The van der Waals surface area contributed by atoms with Crippen LogP contribution in [0.4, 0.5) is 4.79 Å². The second kappa shape index (κ2) is 3.91. The molecule has 4 atom stereocenters. The van der Waals surface area contributed by atoms with Gasteiger partial charge in [0.1, 0.15) is 5.60 Å². The van der Waals surface area contributed by atoms with E-state index in [4.69, 9.17) is 4.74 Å². The molecule has 1 aliphatic carbocycles. The molecule has 0 aromatic rings. The number of carbonyl (C=O) groups is 1. The fraction of sp³-hybridized carbons (Fsp3) is 0.917. The summed E-state index contributed by atoms with van der Waals surface area (Å²) in [5, 5.41) is 6.29. The monoisotopic (exact) mass is 226 g/mol. The topological polar surface area (TPSA) is 50.4 Å². The van der Waals surface area contributed by atoms with Crippen molar-refractivity contribution >= 4 is 6.09 Å². The van der Waals surface area contributed by atoms with Crippen LogP contribution in [0.3, 0.4) is 0 Å². The van der Waals surface area contributed by atoms with Crippen molar-refractivity contribution in [3.05, 3.63) is 0 Å². The first-order valence-electron chi connectivity index (χ1n) is 6.09. The Balaban J connectivity index is 1.68. The van der Waals surface area contributed by atoms with E-state index in [1.165, 1.54) is 0 Å². The van der Waals surface area contributed by atoms with E-state index < -0.39 is 5.60 Å². The van der Waals surface area contributed by atoms with Crippen molar-refractivity contribution < 1.29 is 9.53 Å². The van der Waals surface area contributed by atoms with Crippen LogP contribution >= 0.6 is 0 Å². The van der Waals surface area contributed by atoms with Gasteiger partial charge in [0.05, 0.1) is 0 Å². The van der Waals surface area contributed by atoms with Gasteiger partial charge in [-0.25, -0.2) is 4.79 Å². The molecule has 16 heavy (non-hydrogen) atoms. The summed E-state index contributed by atoms with van der Waals surface area (Å²) >= 11 is 0. The average Bonchev–Trinajstić information content (AvgIpc) is 2.69. The first-order chi connectivity index (χ1) is 7.38. The second-order valence-electron chi connectivity index (χ2n) is 5.98. The van der Waals surface area contributed by atoms with Crippen molar-refractivity contribution in [3.8, 4) is 0 Å². The lowest BCUT2D eigenvalue weighted by Crippen LogP contribution is -2.35. The Hall–Kier alpha value is -0.770. The highest BCUT2D eigenvalue weighted by Crippen LogP contribution is 2.51. The van der Waals surface area contributed by atoms with Gasteiger partial charge in [0.15, 0.2) is 0 Å². The molecule has 4 nitrogen and oxygen atoms in total. The normalized spacial score (nSPS) is 36.8. The predicted molar refractivity (Wildman–Crippen MR) is 62.2 cm³/mol. The molecule has 2 fully saturated rings. The third-order valence-electron chi connectivity index (χ3n) is 3.53. The summed E-state index contributed by atoms with van der Waals surface area (Å²) in [4.78, 5) is 11.4. The molecular weight excluding hydrogens is 204 g/mol. The third kappa shape index (κ3) is 2.48. The molecule has 1 heterocycles. The first kappa shape index (κ1) is 11.7. The number of ether oxygens (including phenoxy) is 1. The minimum absolute atomic E-state index is 0.293. The van der Waals surface area contributed by atoms with Crippen molar-refractivity contribution in [2.75, 3.05) is 13.1 Å². The van der Waals surface area contributed by atoms with Crippen LogP contribution in [0, 0.1) is 17.8 Å². The summed E-state index contributed by atoms with van der Waals surface area (Å²) in [5.41, 5.74) is -0.404. The van der Waals surface area contributed by atoms with Crippen LogP contribution < -0.4 is 10.6 Å². The van der Waals surface area contributed by atoms with Gasteiger partial charge in [-0.3, -0.25) is 0 Å². The van der Waals surface area contributed by atoms with Crippen LogP contribution in [-0.4, -0.2) is 30.8 Å². The molecule has 0 aromatic heterocycles. The Labute approximate surface area is 97.1 Å². The number of hydrogen-bond acceptors (Lipinski definition) is 3. The van der Waals surface area contributed by atoms with Crippen LogP contribution in [0.1, 0.15) is 27.7 Å². The predicted octanol–water partition coefficient (Wildman–Crippen LogP) is 1.36. The van der Waals surface area contributed by atoms with Gasteiger partial charge in [0, 0.05) is 12.6 Å². The zero-order valence-electron chi connectivity index (χ0n) is 10.5. The Morgan fingerprint density at radius 2 is 2.19 bits per heavy atom. The molecule has 2 rings (SSSR count). The lowest BCUT2D eigenvalue weighted by atomic mass is 10.2. The molecule has 4 heteroatoms. The Bertz CT molecular complexity index is 285. The molecule has 0 spiro atoms. The maximum Gasteiger partial charge on any atom is 0.407 e. The smallest absolute Gasteiger partial charge is 0.407 e. The summed E-state index contributed by atoms with van der Waals surface area (Å²) < 4.78 is 5.20. The van der Waals surface area contributed by atoms with Gasteiger partial charge in [-0.1, -0.05) is 0 Å². The average molecular weight is 226 g/mol. The summed E-state index contributed by atoms with van der Waals surface area (Å²) in [5.74, 6) is 2.18. The maximum absolute atomic E-state index is 11.4. The minimum Gasteiger partial charge on any atom is -0.444 e. The van der Waals surface area contributed by atoms with Crippen molar-refractivity contribution in [2.45, 2.75) is 39.3 Å². The lowest BCUT2D eigenvalue weighted by Gasteiger charge is -2.20. The lowest BCUT2D eigenvalue weighted by molar-refractivity contribution is 0.0523. The van der Waals surface area contributed by atoms with Gasteiger partial charge in [-0.15, -0.1) is 0 Å². The zero-order chi connectivity index (χ0) is 11.9. The van der Waals surface area contributed by atoms with E-state index in [0.29, 0.717) is 12.0 Å². The van der Waals surface area contributed by atoms with Crippen molar-refractivity contribution in [1.29, 1.82) is 0 Å². The van der Waals surface area contributed by atoms with E-state index in [2.05, 4.69) is 17.6 Å². The summed E-state index contributed by atoms with van der Waals surface area (Å²) in [6.07, 6.45) is -0.293. The third-order valence-corrected chi connectivity index (χ3v) is 3.53. The highest BCUT2D eigenvalue weighted by atomic mass is 16.6. The molecule has 2 aliphatic rings. The zero-order valence-corrected chi connectivity index (χ0v) is 10.5. The van der Waals surface area contributed by atoms with E-state index in [0.717, 1.165) is 24.9 Å². The van der Waals surface area contributed by atoms with Crippen LogP contribution in [0.5, 0.6) is 0 Å². The number of amides is 1. The number of carbonyl (C=O) groups excluding carboxylic acids is 1. The summed E-state index contributed by atoms with van der Waals surface area (Å²) in [7, 11) is 0. The van der Waals surface area contributed by atoms with Gasteiger partial charge >= 0.3 is 6.09 Å². The second-order valence-corrected chi connectivity index (χ2v) is 5.98. The van der Waals surface area contributed by atoms with Gasteiger partial charge in [0.25, 0.3) is 0 Å². The molecular formula is C12H22N2O2. The van der Waals surface area contributed by atoms with Crippen molar-refractivity contribution in [3.63, 3.8) is 0 Å². The molecule has 0 bridgehead atoms. The standard InChI is InChI=1S/C12H22N2O2/c1-7-10-8(5-13-7)9(10)6-14-11(15)16-12(2,3)4/h7-10,13H,5-6H2,1-4H3,(H,14,15)/t7-,8+,9+,10+/m1/s1. The largest absolute Gasteiger partial charge is 0.444 e. The molecule has 92 valence electrons. The highest BCUT2D eigenvalue weighted by Gasteiger charge is 2.56. The first-order valence-corrected chi connectivity index (χ1v) is 6.09. The number of fused-ring (bicyclic) bond motifs is 1. The Morgan fingerprint density at radius 3 is 2.69 bits per heavy atom. The van der Waals surface area contributed by atoms with E-state index in [1.807, 2.05) is 20.8 Å². The molecule has 1 saturated heterocycles. The van der Waals surface area contributed by atoms with E-state index in [-0.39, 0.29) is 6.09 Å². The number of piperidine rings is 1. The van der Waals surface area contributed by atoms with Crippen LogP contribution in [-0.2, 0) is 4.74 Å². The maximum atomic E-state index is 11.4. The molecule has 0 unspecified atom stereocenters. The molecule has 2 N–H and O–H groups in total. The SMILES string of the molecule is C[C@H]1NC[C@H]2[C@H](CNC(=O)OC(C)(C)C)[C@H]21. The highest BCUT2D eigenvalue weighted by molar-refractivity contribution is 5.67. The van der Waals surface area contributed by atoms with Crippen molar-refractivity contribution in [2.24, 2.45) is 17.8 Å². The number of rotatable bonds is 2. The van der Waals surface area contributed by atoms with Crippen molar-refractivity contribution in [1.82, 2.24) is 10.6 Å². The van der Waals surface area contributed by atoms with Crippen LogP contribution in [0.15, 0.2) is 0 Å². The number of hydrogen-bond donors (Lipinski definition) is 2. The number of nitrogens with one attached hydrogen (secondary N) is 2. The fourth-order valence-corrected chi connectivity index (χ4v) is 2.76. The van der Waals surface area contributed by atoms with E-state index in [1.54, 1.807) is 0 Å². The van der Waals surface area contributed by atoms with E-state index >= 15 is 0 Å². The molecule has 0 aromatic carbocycles. The van der Waals surface area contributed by atoms with Gasteiger partial charge < -0.3 is 15.4 Å². The summed E-state index contributed by atoms with van der Waals surface area (Å²) in [6.45, 7) is 9.72. The van der Waals surface area contributed by atoms with Crippen LogP contribution in [0.25, 0.3) is 0 Å². The Kier molecular flexibility index (Phi) is 2.86. The molecule has 1 amide bonds. The molecule has 1 aliphatic heterocycles. The van der Waals surface area contributed by atoms with Gasteiger partial charge in [-0.2, -0.15) is 0 Å². The molecule has 0 radical (unpaired) electrons. The van der Waals surface area contributed by atoms with Gasteiger partial charge in [-0.05, 0) is 52.0 Å². The minimum atomic E-state index is -0.404. The fourth-order valence-electron chi connectivity index (χ4n) is 2.76. The summed E-state index contributed by atoms with van der Waals surface area (Å²) in [6, 6.07) is 0.607. The van der Waals surface area contributed by atoms with Crippen LogP contribution in [0.2, 0.25) is 0 Å². The Morgan fingerprint density at radius 1 is 1.50 bits per heavy atom. The van der Waals surface area contributed by atoms with E-state index in [9.17, 15) is 4.79 Å². The quantitative estimate of drug-likeness (QED) is 0.747. The number of alkyl carbamates (subject to hydrolysis) is 1.